The highest BCUT2D eigenvalue weighted by molar-refractivity contribution is 5.97. The fraction of sp³-hybridized carbons (Fsp3) is 0.235. The van der Waals surface area contributed by atoms with Crippen LogP contribution in [-0.4, -0.2) is 17.3 Å². The highest BCUT2D eigenvalue weighted by atomic mass is 16.6. The lowest BCUT2D eigenvalue weighted by Crippen LogP contribution is -2.12. The fourth-order valence-electron chi connectivity index (χ4n) is 2.66. The van der Waals surface area contributed by atoms with E-state index in [4.69, 9.17) is 4.74 Å². The first kappa shape index (κ1) is 14.3. The van der Waals surface area contributed by atoms with Gasteiger partial charge in [0.2, 0.25) is 0 Å². The number of ether oxygens (including phenoxy) is 1. The third kappa shape index (κ3) is 2.98. The van der Waals surface area contributed by atoms with Crippen LogP contribution in [0.5, 0.6) is 5.75 Å². The molecule has 5 heteroatoms. The van der Waals surface area contributed by atoms with Gasteiger partial charge in [-0.25, -0.2) is 0 Å². The van der Waals surface area contributed by atoms with Gasteiger partial charge in [0.05, 0.1) is 11.0 Å². The molecule has 5 nitrogen and oxygen atoms in total. The van der Waals surface area contributed by atoms with Crippen LogP contribution in [0.1, 0.15) is 27.9 Å². The van der Waals surface area contributed by atoms with Gasteiger partial charge >= 0.3 is 0 Å². The maximum atomic E-state index is 12.2. The second-order valence-corrected chi connectivity index (χ2v) is 5.30. The van der Waals surface area contributed by atoms with Crippen molar-refractivity contribution in [1.82, 2.24) is 0 Å². The fourth-order valence-corrected chi connectivity index (χ4v) is 2.66. The third-order valence-corrected chi connectivity index (χ3v) is 3.82. The highest BCUT2D eigenvalue weighted by Gasteiger charge is 2.14. The number of benzene rings is 2. The van der Waals surface area contributed by atoms with Gasteiger partial charge in [0, 0.05) is 11.6 Å². The van der Waals surface area contributed by atoms with Gasteiger partial charge in [0.1, 0.15) is 5.75 Å². The number of nitro benzene ring substituents is 1. The minimum Gasteiger partial charge on any atom is -0.485 e. The molecule has 0 saturated carbocycles. The molecule has 0 aromatic heterocycles. The highest BCUT2D eigenvalue weighted by Crippen LogP contribution is 2.23. The van der Waals surface area contributed by atoms with E-state index in [0.717, 1.165) is 19.3 Å². The van der Waals surface area contributed by atoms with E-state index >= 15 is 0 Å². The molecule has 0 fully saturated rings. The number of nitro groups is 1. The molecule has 0 aliphatic heterocycles. The third-order valence-electron chi connectivity index (χ3n) is 3.82. The van der Waals surface area contributed by atoms with Gasteiger partial charge in [0.25, 0.3) is 5.69 Å². The molecule has 0 spiro atoms. The predicted octanol–water partition coefficient (Wildman–Crippen LogP) is 3.35. The summed E-state index contributed by atoms with van der Waals surface area (Å²) in [5, 5.41) is 10.7. The maximum Gasteiger partial charge on any atom is 0.273 e. The number of carbonyl (C=O) groups excluding carboxylic acids is 1. The molecule has 1 aliphatic rings. The van der Waals surface area contributed by atoms with Crippen molar-refractivity contribution in [2.45, 2.75) is 19.3 Å². The Hall–Kier alpha value is -2.69. The molecule has 22 heavy (non-hydrogen) atoms. The van der Waals surface area contributed by atoms with Crippen molar-refractivity contribution in [3.63, 3.8) is 0 Å². The van der Waals surface area contributed by atoms with Crippen molar-refractivity contribution in [3.8, 4) is 5.75 Å². The van der Waals surface area contributed by atoms with Crippen LogP contribution in [0.2, 0.25) is 0 Å². The van der Waals surface area contributed by atoms with Crippen molar-refractivity contribution >= 4 is 11.5 Å². The van der Waals surface area contributed by atoms with Crippen molar-refractivity contribution in [1.29, 1.82) is 0 Å². The first-order valence-corrected chi connectivity index (χ1v) is 7.16. The number of hydrogen-bond donors (Lipinski definition) is 0. The van der Waals surface area contributed by atoms with E-state index < -0.39 is 4.92 Å². The molecule has 0 radical (unpaired) electrons. The Labute approximate surface area is 127 Å². The number of fused-ring (bicyclic) bond motifs is 1. The van der Waals surface area contributed by atoms with Crippen molar-refractivity contribution in [2.75, 3.05) is 6.61 Å². The van der Waals surface area contributed by atoms with E-state index in [1.165, 1.54) is 29.3 Å². The SMILES string of the molecule is O=C(COc1cccc([N+](=O)[O-])c1)c1ccc2c(c1)CCC2. The number of ketones is 1. The van der Waals surface area contributed by atoms with E-state index in [-0.39, 0.29) is 18.1 Å². The Morgan fingerprint density at radius 3 is 2.77 bits per heavy atom. The number of Topliss-reactive ketones (excluding diaryl/α,β-unsaturated/α-hetero) is 1. The summed E-state index contributed by atoms with van der Waals surface area (Å²) >= 11 is 0. The van der Waals surface area contributed by atoms with Gasteiger partial charge in [-0.1, -0.05) is 18.2 Å². The van der Waals surface area contributed by atoms with Gasteiger partial charge in [-0.3, -0.25) is 14.9 Å². The number of aryl methyl sites for hydroxylation is 2. The van der Waals surface area contributed by atoms with Crippen LogP contribution in [-0.2, 0) is 12.8 Å². The van der Waals surface area contributed by atoms with Crippen LogP contribution >= 0.6 is 0 Å². The largest absolute Gasteiger partial charge is 0.485 e. The van der Waals surface area contributed by atoms with E-state index in [1.54, 1.807) is 6.07 Å². The summed E-state index contributed by atoms with van der Waals surface area (Å²) in [6.45, 7) is -0.125. The van der Waals surface area contributed by atoms with E-state index in [0.29, 0.717) is 11.3 Å². The summed E-state index contributed by atoms with van der Waals surface area (Å²) in [6.07, 6.45) is 3.23. The Kier molecular flexibility index (Phi) is 3.87. The van der Waals surface area contributed by atoms with E-state index in [1.807, 2.05) is 18.2 Å². The van der Waals surface area contributed by atoms with Crippen molar-refractivity contribution in [2.24, 2.45) is 0 Å². The predicted molar refractivity (Wildman–Crippen MR) is 81.4 cm³/mol. The molecule has 2 aromatic carbocycles. The Bertz CT molecular complexity index is 739. The molecule has 0 saturated heterocycles. The monoisotopic (exact) mass is 297 g/mol. The summed E-state index contributed by atoms with van der Waals surface area (Å²) in [7, 11) is 0. The summed E-state index contributed by atoms with van der Waals surface area (Å²) in [4.78, 5) is 22.4. The first-order valence-electron chi connectivity index (χ1n) is 7.16. The topological polar surface area (TPSA) is 69.4 Å². The lowest BCUT2D eigenvalue weighted by molar-refractivity contribution is -0.384. The van der Waals surface area contributed by atoms with Crippen LogP contribution in [0.3, 0.4) is 0 Å². The molecular weight excluding hydrogens is 282 g/mol. The van der Waals surface area contributed by atoms with Crippen LogP contribution in [0.15, 0.2) is 42.5 Å². The Balaban J connectivity index is 1.67. The molecule has 3 rings (SSSR count). The molecule has 0 bridgehead atoms. The molecule has 0 unspecified atom stereocenters. The molecule has 1 aliphatic carbocycles. The summed E-state index contributed by atoms with van der Waals surface area (Å²) < 4.78 is 5.38. The molecule has 0 heterocycles. The average molecular weight is 297 g/mol. The van der Waals surface area contributed by atoms with Gasteiger partial charge in [-0.05, 0) is 42.5 Å². The zero-order valence-corrected chi connectivity index (χ0v) is 12.0. The Morgan fingerprint density at radius 1 is 1.14 bits per heavy atom. The number of nitrogens with zero attached hydrogens (tertiary/aromatic N) is 1. The summed E-state index contributed by atoms with van der Waals surface area (Å²) in [5.74, 6) is 0.199. The molecular formula is C17H15NO4. The first-order chi connectivity index (χ1) is 10.6. The van der Waals surface area contributed by atoms with Crippen LogP contribution in [0.25, 0.3) is 0 Å². The van der Waals surface area contributed by atoms with Crippen molar-refractivity contribution < 1.29 is 14.5 Å². The molecule has 0 atom stereocenters. The zero-order chi connectivity index (χ0) is 15.5. The summed E-state index contributed by atoms with van der Waals surface area (Å²) in [5.41, 5.74) is 3.13. The minimum absolute atomic E-state index is 0.0533. The van der Waals surface area contributed by atoms with Crippen LogP contribution < -0.4 is 4.74 Å². The number of non-ortho nitro benzene ring substituents is 1. The summed E-state index contributed by atoms with van der Waals surface area (Å²) in [6, 6.07) is 11.6. The van der Waals surface area contributed by atoms with Crippen LogP contribution in [0, 0.1) is 10.1 Å². The second-order valence-electron chi connectivity index (χ2n) is 5.30. The second kappa shape index (κ2) is 5.97. The smallest absolute Gasteiger partial charge is 0.273 e. The van der Waals surface area contributed by atoms with E-state index in [2.05, 4.69) is 0 Å². The van der Waals surface area contributed by atoms with Gasteiger partial charge < -0.3 is 4.74 Å². The zero-order valence-electron chi connectivity index (χ0n) is 12.0. The molecule has 112 valence electrons. The van der Waals surface area contributed by atoms with Gasteiger partial charge in [-0.15, -0.1) is 0 Å². The van der Waals surface area contributed by atoms with Crippen molar-refractivity contribution in [3.05, 3.63) is 69.3 Å². The van der Waals surface area contributed by atoms with Crippen LogP contribution in [0.4, 0.5) is 5.69 Å². The molecule has 2 aromatic rings. The standard InChI is InChI=1S/C17H15NO4/c19-17(14-8-7-12-3-1-4-13(12)9-14)11-22-16-6-2-5-15(10-16)18(20)21/h2,5-10H,1,3-4,11H2. The number of carbonyl (C=O) groups is 1. The lowest BCUT2D eigenvalue weighted by atomic mass is 10.0. The number of rotatable bonds is 5. The quantitative estimate of drug-likeness (QED) is 0.482. The van der Waals surface area contributed by atoms with Gasteiger partial charge in [0.15, 0.2) is 12.4 Å². The Morgan fingerprint density at radius 2 is 1.95 bits per heavy atom. The normalized spacial score (nSPS) is 12.7. The molecule has 0 N–H and O–H groups in total. The molecule has 0 amide bonds. The lowest BCUT2D eigenvalue weighted by Gasteiger charge is -2.07. The maximum absolute atomic E-state index is 12.2. The minimum atomic E-state index is -0.491. The number of hydrogen-bond acceptors (Lipinski definition) is 4. The average Bonchev–Trinajstić information content (AvgIpc) is 3.00. The van der Waals surface area contributed by atoms with E-state index in [9.17, 15) is 14.9 Å². The van der Waals surface area contributed by atoms with Gasteiger partial charge in [-0.2, -0.15) is 0 Å².